The minimum Gasteiger partial charge on any atom is -0.391 e. The quantitative estimate of drug-likeness (QED) is 0.636. The van der Waals surface area contributed by atoms with Crippen molar-refractivity contribution in [1.82, 2.24) is 5.32 Å². The summed E-state index contributed by atoms with van der Waals surface area (Å²) in [4.78, 5) is 0. The molecule has 0 radical (unpaired) electrons. The van der Waals surface area contributed by atoms with Gasteiger partial charge in [-0.05, 0) is 30.5 Å². The molecular formula is C13H17Br2NO. The van der Waals surface area contributed by atoms with Crippen molar-refractivity contribution in [3.05, 3.63) is 34.3 Å². The summed E-state index contributed by atoms with van der Waals surface area (Å²) in [7, 11) is 0. The molecule has 1 fully saturated rings. The summed E-state index contributed by atoms with van der Waals surface area (Å²) in [5.74, 6) is 0. The Hall–Kier alpha value is 0.1000. The highest BCUT2D eigenvalue weighted by Gasteiger charge is 2.40. The largest absolute Gasteiger partial charge is 0.391 e. The van der Waals surface area contributed by atoms with Crippen molar-refractivity contribution in [3.8, 4) is 0 Å². The first kappa shape index (κ1) is 13.5. The Morgan fingerprint density at radius 3 is 2.59 bits per heavy atom. The molecule has 1 aliphatic rings. The van der Waals surface area contributed by atoms with Gasteiger partial charge in [-0.3, -0.25) is 5.32 Å². The maximum atomic E-state index is 10.4. The van der Waals surface area contributed by atoms with Gasteiger partial charge in [0, 0.05) is 4.47 Å². The van der Waals surface area contributed by atoms with E-state index in [2.05, 4.69) is 49.3 Å². The van der Waals surface area contributed by atoms with Crippen LogP contribution in [0, 0.1) is 0 Å². The third-order valence-corrected chi connectivity index (χ3v) is 4.42. The van der Waals surface area contributed by atoms with Crippen LogP contribution in [0.3, 0.4) is 0 Å². The van der Waals surface area contributed by atoms with Crippen molar-refractivity contribution >= 4 is 31.9 Å². The minimum atomic E-state index is -0.310. The molecule has 1 aromatic rings. The number of nitrogens with one attached hydrogen (secondary N) is 1. The van der Waals surface area contributed by atoms with Crippen LogP contribution in [0.25, 0.3) is 0 Å². The molecule has 1 aliphatic carbocycles. The van der Waals surface area contributed by atoms with Crippen LogP contribution >= 0.6 is 31.9 Å². The number of aliphatic hydroxyl groups is 1. The molecule has 0 aromatic heterocycles. The molecule has 94 valence electrons. The van der Waals surface area contributed by atoms with Crippen molar-refractivity contribution in [3.63, 3.8) is 0 Å². The van der Waals surface area contributed by atoms with Gasteiger partial charge in [-0.25, -0.2) is 0 Å². The molecule has 2 N–H and O–H groups in total. The van der Waals surface area contributed by atoms with Gasteiger partial charge in [-0.1, -0.05) is 56.8 Å². The van der Waals surface area contributed by atoms with Crippen molar-refractivity contribution in [2.24, 2.45) is 0 Å². The topological polar surface area (TPSA) is 32.3 Å². The molecule has 0 aliphatic heterocycles. The first-order chi connectivity index (χ1) is 8.19. The van der Waals surface area contributed by atoms with Gasteiger partial charge >= 0.3 is 0 Å². The predicted octanol–water partition coefficient (Wildman–Crippen LogP) is 3.52. The molecule has 1 saturated carbocycles. The summed E-state index contributed by atoms with van der Waals surface area (Å²) in [6.07, 6.45) is 3.82. The number of benzene rings is 1. The highest BCUT2D eigenvalue weighted by atomic mass is 79.9. The molecule has 1 aromatic carbocycles. The molecule has 0 saturated heterocycles. The molecule has 0 spiro atoms. The second-order valence-electron chi connectivity index (χ2n) is 4.55. The van der Waals surface area contributed by atoms with Crippen molar-refractivity contribution in [1.29, 1.82) is 0 Å². The fraction of sp³-hybridized carbons (Fsp3) is 0.538. The summed E-state index contributed by atoms with van der Waals surface area (Å²) in [6.45, 7) is 0. The Morgan fingerprint density at radius 2 is 2.00 bits per heavy atom. The lowest BCUT2D eigenvalue weighted by Crippen LogP contribution is -2.53. The fourth-order valence-electron chi connectivity index (χ4n) is 2.67. The van der Waals surface area contributed by atoms with E-state index in [-0.39, 0.29) is 11.6 Å². The Morgan fingerprint density at radius 1 is 1.29 bits per heavy atom. The van der Waals surface area contributed by atoms with Crippen LogP contribution in [0.2, 0.25) is 0 Å². The van der Waals surface area contributed by atoms with Crippen LogP contribution in [0.4, 0.5) is 0 Å². The maximum absolute atomic E-state index is 10.4. The van der Waals surface area contributed by atoms with Crippen molar-refractivity contribution in [2.45, 2.75) is 37.3 Å². The van der Waals surface area contributed by atoms with E-state index in [4.69, 9.17) is 0 Å². The lowest BCUT2D eigenvalue weighted by Gasteiger charge is -2.42. The van der Waals surface area contributed by atoms with E-state index in [0.29, 0.717) is 5.45 Å². The number of rotatable bonds is 3. The monoisotopic (exact) mass is 361 g/mol. The molecular weight excluding hydrogens is 346 g/mol. The van der Waals surface area contributed by atoms with Gasteiger partial charge in [0.15, 0.2) is 0 Å². The SMILES string of the molecule is OC1CCCCC1(NCBr)c1ccc(Br)cc1. The van der Waals surface area contributed by atoms with E-state index in [9.17, 15) is 5.11 Å². The van der Waals surface area contributed by atoms with E-state index in [1.165, 1.54) is 5.56 Å². The van der Waals surface area contributed by atoms with Crippen molar-refractivity contribution < 1.29 is 5.11 Å². The number of hydrogen-bond acceptors (Lipinski definition) is 2. The smallest absolute Gasteiger partial charge is 0.0763 e. The third kappa shape index (κ3) is 2.75. The molecule has 17 heavy (non-hydrogen) atoms. The lowest BCUT2D eigenvalue weighted by atomic mass is 9.74. The van der Waals surface area contributed by atoms with Crippen LogP contribution in [-0.2, 0) is 5.54 Å². The first-order valence-corrected chi connectivity index (χ1v) is 7.85. The first-order valence-electron chi connectivity index (χ1n) is 5.94. The number of hydrogen-bond donors (Lipinski definition) is 2. The van der Waals surface area contributed by atoms with E-state index in [1.54, 1.807) is 0 Å². The summed E-state index contributed by atoms with van der Waals surface area (Å²) in [5, 5.41) is 13.8. The Kier molecular flexibility index (Phi) is 4.64. The zero-order chi connectivity index (χ0) is 12.3. The molecule has 0 amide bonds. The molecule has 2 rings (SSSR count). The zero-order valence-electron chi connectivity index (χ0n) is 9.63. The molecule has 0 bridgehead atoms. The number of alkyl halides is 1. The van der Waals surface area contributed by atoms with Crippen LogP contribution in [0.5, 0.6) is 0 Å². The molecule has 0 heterocycles. The summed E-state index contributed by atoms with van der Waals surface area (Å²) in [6, 6.07) is 8.26. The number of aliphatic hydroxyl groups excluding tert-OH is 1. The highest BCUT2D eigenvalue weighted by molar-refractivity contribution is 9.10. The summed E-state index contributed by atoms with van der Waals surface area (Å²) in [5.41, 5.74) is 1.58. The van der Waals surface area contributed by atoms with E-state index >= 15 is 0 Å². The average Bonchev–Trinajstić information content (AvgIpc) is 2.33. The van der Waals surface area contributed by atoms with E-state index < -0.39 is 0 Å². The van der Waals surface area contributed by atoms with Gasteiger partial charge in [0.25, 0.3) is 0 Å². The van der Waals surface area contributed by atoms with Gasteiger partial charge in [0.1, 0.15) is 0 Å². The average molecular weight is 363 g/mol. The van der Waals surface area contributed by atoms with Crippen LogP contribution in [0.15, 0.2) is 28.7 Å². The molecule has 2 atom stereocenters. The van der Waals surface area contributed by atoms with Gasteiger partial charge < -0.3 is 5.11 Å². The summed E-state index contributed by atoms with van der Waals surface area (Å²) < 4.78 is 1.07. The van der Waals surface area contributed by atoms with Gasteiger partial charge in [0.05, 0.1) is 17.1 Å². The standard InChI is InChI=1S/C13H17Br2NO/c14-9-16-13(8-2-1-3-12(13)17)10-4-6-11(15)7-5-10/h4-7,12,16-17H,1-3,8-9H2. The molecule has 2 nitrogen and oxygen atoms in total. The second kappa shape index (κ2) is 5.83. The summed E-state index contributed by atoms with van der Waals surface area (Å²) >= 11 is 6.88. The van der Waals surface area contributed by atoms with Crippen molar-refractivity contribution in [2.75, 3.05) is 5.45 Å². The molecule has 4 heteroatoms. The number of halogens is 2. The minimum absolute atomic E-state index is 0.289. The van der Waals surface area contributed by atoms with Gasteiger partial charge in [0.2, 0.25) is 0 Å². The van der Waals surface area contributed by atoms with Crippen LogP contribution in [0.1, 0.15) is 31.2 Å². The second-order valence-corrected chi connectivity index (χ2v) is 6.03. The van der Waals surface area contributed by atoms with E-state index in [0.717, 1.165) is 30.2 Å². The highest BCUT2D eigenvalue weighted by Crippen LogP contribution is 2.37. The fourth-order valence-corrected chi connectivity index (χ4v) is 3.43. The zero-order valence-corrected chi connectivity index (χ0v) is 12.8. The maximum Gasteiger partial charge on any atom is 0.0763 e. The van der Waals surface area contributed by atoms with Gasteiger partial charge in [-0.15, -0.1) is 0 Å². The molecule has 2 unspecified atom stereocenters. The lowest BCUT2D eigenvalue weighted by molar-refractivity contribution is 0.0243. The third-order valence-electron chi connectivity index (χ3n) is 3.61. The Labute approximate surface area is 119 Å². The van der Waals surface area contributed by atoms with Crippen LogP contribution in [-0.4, -0.2) is 16.7 Å². The van der Waals surface area contributed by atoms with E-state index in [1.807, 2.05) is 12.1 Å². The Balaban J connectivity index is 2.35. The predicted molar refractivity (Wildman–Crippen MR) is 77.2 cm³/mol. The normalized spacial score (nSPS) is 29.2. The van der Waals surface area contributed by atoms with Gasteiger partial charge in [-0.2, -0.15) is 0 Å². The Bertz CT molecular complexity index is 364. The van der Waals surface area contributed by atoms with Crippen LogP contribution < -0.4 is 5.32 Å².